The SMILES string of the molecule is CC(CBr)NCc1cccc(Br)c1. The summed E-state index contributed by atoms with van der Waals surface area (Å²) in [7, 11) is 0. The largest absolute Gasteiger partial charge is 0.309 e. The van der Waals surface area contributed by atoms with E-state index in [2.05, 4.69) is 62.3 Å². The summed E-state index contributed by atoms with van der Waals surface area (Å²) in [5.41, 5.74) is 1.31. The zero-order chi connectivity index (χ0) is 9.68. The lowest BCUT2D eigenvalue weighted by atomic mass is 10.2. The number of rotatable bonds is 4. The zero-order valence-corrected chi connectivity index (χ0v) is 10.7. The Bertz CT molecular complexity index is 263. The van der Waals surface area contributed by atoms with Crippen LogP contribution in [0.5, 0.6) is 0 Å². The minimum atomic E-state index is 0.513. The van der Waals surface area contributed by atoms with Crippen LogP contribution < -0.4 is 5.32 Å². The van der Waals surface area contributed by atoms with E-state index >= 15 is 0 Å². The van der Waals surface area contributed by atoms with Gasteiger partial charge in [0.25, 0.3) is 0 Å². The molecular formula is C10H13Br2N. The summed E-state index contributed by atoms with van der Waals surface area (Å²) >= 11 is 6.88. The van der Waals surface area contributed by atoms with Gasteiger partial charge in [0.05, 0.1) is 0 Å². The molecule has 3 heteroatoms. The maximum atomic E-state index is 3.45. The van der Waals surface area contributed by atoms with Crippen molar-refractivity contribution >= 4 is 31.9 Å². The van der Waals surface area contributed by atoms with Gasteiger partial charge in [-0.05, 0) is 24.6 Å². The number of halogens is 2. The van der Waals surface area contributed by atoms with Gasteiger partial charge in [-0.25, -0.2) is 0 Å². The smallest absolute Gasteiger partial charge is 0.0208 e. The molecule has 1 N–H and O–H groups in total. The molecule has 0 amide bonds. The van der Waals surface area contributed by atoms with Crippen molar-refractivity contribution in [2.75, 3.05) is 5.33 Å². The Labute approximate surface area is 96.2 Å². The normalized spacial score (nSPS) is 12.8. The first kappa shape index (κ1) is 11.2. The fourth-order valence-electron chi connectivity index (χ4n) is 0.994. The topological polar surface area (TPSA) is 12.0 Å². The standard InChI is InChI=1S/C10H13Br2N/c1-8(6-11)13-7-9-3-2-4-10(12)5-9/h2-5,8,13H,6-7H2,1H3. The molecule has 0 aromatic heterocycles. The molecule has 1 nitrogen and oxygen atoms in total. The third kappa shape index (κ3) is 4.25. The van der Waals surface area contributed by atoms with E-state index in [1.807, 2.05) is 6.07 Å². The molecule has 0 aliphatic carbocycles. The van der Waals surface area contributed by atoms with Gasteiger partial charge in [-0.2, -0.15) is 0 Å². The Morgan fingerprint density at radius 2 is 2.23 bits per heavy atom. The average molecular weight is 307 g/mol. The summed E-state index contributed by atoms with van der Waals surface area (Å²) in [6.45, 7) is 3.08. The van der Waals surface area contributed by atoms with Crippen LogP contribution in [0.4, 0.5) is 0 Å². The minimum Gasteiger partial charge on any atom is -0.309 e. The molecule has 0 aliphatic heterocycles. The van der Waals surface area contributed by atoms with E-state index in [1.165, 1.54) is 5.56 Å². The summed E-state index contributed by atoms with van der Waals surface area (Å²) in [6, 6.07) is 8.86. The molecule has 1 atom stereocenters. The quantitative estimate of drug-likeness (QED) is 0.842. The summed E-state index contributed by atoms with van der Waals surface area (Å²) in [6.07, 6.45) is 0. The number of benzene rings is 1. The Morgan fingerprint density at radius 1 is 1.46 bits per heavy atom. The van der Waals surface area contributed by atoms with Crippen molar-refractivity contribution in [3.05, 3.63) is 34.3 Å². The molecule has 0 radical (unpaired) electrons. The highest BCUT2D eigenvalue weighted by Crippen LogP contribution is 2.11. The van der Waals surface area contributed by atoms with Crippen LogP contribution in [-0.2, 0) is 6.54 Å². The summed E-state index contributed by atoms with van der Waals surface area (Å²) in [5, 5.41) is 4.40. The molecule has 0 saturated heterocycles. The maximum Gasteiger partial charge on any atom is 0.0208 e. The van der Waals surface area contributed by atoms with Crippen LogP contribution >= 0.6 is 31.9 Å². The van der Waals surface area contributed by atoms with E-state index in [-0.39, 0.29) is 0 Å². The van der Waals surface area contributed by atoms with Crippen LogP contribution in [0.25, 0.3) is 0 Å². The molecule has 72 valence electrons. The first-order chi connectivity index (χ1) is 6.22. The fourth-order valence-corrected chi connectivity index (χ4v) is 1.67. The third-order valence-corrected chi connectivity index (χ3v) is 3.24. The summed E-state index contributed by atoms with van der Waals surface area (Å²) in [4.78, 5) is 0. The monoisotopic (exact) mass is 305 g/mol. The van der Waals surface area contributed by atoms with E-state index in [0.29, 0.717) is 6.04 Å². The molecule has 1 unspecified atom stereocenters. The van der Waals surface area contributed by atoms with E-state index in [1.54, 1.807) is 0 Å². The molecular weight excluding hydrogens is 294 g/mol. The molecule has 0 saturated carbocycles. The zero-order valence-electron chi connectivity index (χ0n) is 7.56. The van der Waals surface area contributed by atoms with Crippen LogP contribution in [0.15, 0.2) is 28.7 Å². The van der Waals surface area contributed by atoms with E-state index in [9.17, 15) is 0 Å². The average Bonchev–Trinajstić information content (AvgIpc) is 2.14. The molecule has 0 heterocycles. The number of hydrogen-bond acceptors (Lipinski definition) is 1. The molecule has 1 aromatic carbocycles. The highest BCUT2D eigenvalue weighted by Gasteiger charge is 1.98. The highest BCUT2D eigenvalue weighted by molar-refractivity contribution is 9.10. The summed E-state index contributed by atoms with van der Waals surface area (Å²) in [5.74, 6) is 0. The second-order valence-electron chi connectivity index (χ2n) is 3.07. The molecule has 1 rings (SSSR count). The fraction of sp³-hybridized carbons (Fsp3) is 0.400. The van der Waals surface area contributed by atoms with Crippen molar-refractivity contribution in [2.24, 2.45) is 0 Å². The number of hydrogen-bond donors (Lipinski definition) is 1. The Balaban J connectivity index is 2.45. The van der Waals surface area contributed by atoms with Crippen LogP contribution in [0, 0.1) is 0 Å². The van der Waals surface area contributed by atoms with E-state index in [4.69, 9.17) is 0 Å². The van der Waals surface area contributed by atoms with Crippen molar-refractivity contribution in [3.8, 4) is 0 Å². The van der Waals surface area contributed by atoms with Gasteiger partial charge in [-0.3, -0.25) is 0 Å². The highest BCUT2D eigenvalue weighted by atomic mass is 79.9. The second kappa shape index (κ2) is 5.78. The van der Waals surface area contributed by atoms with Crippen LogP contribution in [-0.4, -0.2) is 11.4 Å². The van der Waals surface area contributed by atoms with Gasteiger partial charge in [0.1, 0.15) is 0 Å². The van der Waals surface area contributed by atoms with Crippen molar-refractivity contribution < 1.29 is 0 Å². The lowest BCUT2D eigenvalue weighted by Crippen LogP contribution is -2.26. The minimum absolute atomic E-state index is 0.513. The van der Waals surface area contributed by atoms with Gasteiger partial charge >= 0.3 is 0 Å². The van der Waals surface area contributed by atoms with Gasteiger partial charge < -0.3 is 5.32 Å². The molecule has 0 bridgehead atoms. The third-order valence-electron chi connectivity index (χ3n) is 1.78. The van der Waals surface area contributed by atoms with Gasteiger partial charge in [0.15, 0.2) is 0 Å². The van der Waals surface area contributed by atoms with E-state index < -0.39 is 0 Å². The molecule has 0 aliphatic rings. The first-order valence-corrected chi connectivity index (χ1v) is 6.17. The summed E-state index contributed by atoms with van der Waals surface area (Å²) < 4.78 is 1.14. The predicted molar refractivity (Wildman–Crippen MR) is 64.2 cm³/mol. The molecule has 0 fully saturated rings. The van der Waals surface area contributed by atoms with Crippen molar-refractivity contribution in [1.82, 2.24) is 5.32 Å². The Kier molecular flexibility index (Phi) is 4.99. The van der Waals surface area contributed by atoms with Crippen molar-refractivity contribution in [2.45, 2.75) is 19.5 Å². The molecule has 0 spiro atoms. The number of nitrogens with one attached hydrogen (secondary N) is 1. The van der Waals surface area contributed by atoms with Gasteiger partial charge in [0.2, 0.25) is 0 Å². The number of alkyl halides is 1. The first-order valence-electron chi connectivity index (χ1n) is 4.26. The lowest BCUT2D eigenvalue weighted by molar-refractivity contribution is 0.598. The van der Waals surface area contributed by atoms with Gasteiger partial charge in [-0.15, -0.1) is 0 Å². The Hall–Kier alpha value is 0.140. The Morgan fingerprint density at radius 3 is 2.85 bits per heavy atom. The predicted octanol–water partition coefficient (Wildman–Crippen LogP) is 3.32. The van der Waals surface area contributed by atoms with Gasteiger partial charge in [-0.1, -0.05) is 44.0 Å². The van der Waals surface area contributed by atoms with Crippen LogP contribution in [0.3, 0.4) is 0 Å². The maximum absolute atomic E-state index is 3.45. The van der Waals surface area contributed by atoms with Crippen LogP contribution in [0.2, 0.25) is 0 Å². The van der Waals surface area contributed by atoms with Gasteiger partial charge in [0, 0.05) is 22.4 Å². The van der Waals surface area contributed by atoms with Crippen molar-refractivity contribution in [1.29, 1.82) is 0 Å². The molecule has 1 aromatic rings. The lowest BCUT2D eigenvalue weighted by Gasteiger charge is -2.10. The van der Waals surface area contributed by atoms with Crippen molar-refractivity contribution in [3.63, 3.8) is 0 Å². The van der Waals surface area contributed by atoms with E-state index in [0.717, 1.165) is 16.3 Å². The second-order valence-corrected chi connectivity index (χ2v) is 4.63. The van der Waals surface area contributed by atoms with Crippen LogP contribution in [0.1, 0.15) is 12.5 Å². The molecule has 13 heavy (non-hydrogen) atoms.